The highest BCUT2D eigenvalue weighted by Gasteiger charge is 2.29. The second kappa shape index (κ2) is 9.52. The van der Waals surface area contributed by atoms with Gasteiger partial charge in [-0.1, -0.05) is 19.9 Å². The van der Waals surface area contributed by atoms with Gasteiger partial charge in [0.25, 0.3) is 5.91 Å². The van der Waals surface area contributed by atoms with Crippen LogP contribution in [0.2, 0.25) is 0 Å². The van der Waals surface area contributed by atoms with Crippen molar-refractivity contribution in [2.45, 2.75) is 63.9 Å². The summed E-state index contributed by atoms with van der Waals surface area (Å²) >= 11 is 0. The zero-order chi connectivity index (χ0) is 20.9. The van der Waals surface area contributed by atoms with E-state index in [1.165, 1.54) is 28.6 Å². The van der Waals surface area contributed by atoms with Crippen molar-refractivity contribution in [3.8, 4) is 0 Å². The summed E-state index contributed by atoms with van der Waals surface area (Å²) < 4.78 is 31.8. The molecule has 0 N–H and O–H groups in total. The number of sulfonamides is 1. The van der Waals surface area contributed by atoms with E-state index in [1.54, 1.807) is 18.7 Å². The van der Waals surface area contributed by atoms with Crippen LogP contribution in [0.5, 0.6) is 0 Å². The largest absolute Gasteiger partial charge is 0.452 e. The fourth-order valence-electron chi connectivity index (χ4n) is 3.69. The van der Waals surface area contributed by atoms with E-state index in [2.05, 4.69) is 0 Å². The number of hydrogen-bond acceptors (Lipinski definition) is 5. The standard InChI is InChI=1S/C20H30N2O5S/c1-5-21(6-2)28(25,26)18-12-8-11-17(13-18)20(24)27-14-19(23)22-15(3)9-7-10-16(22)4/h8,11-13,15-16H,5-7,9-10,14H2,1-4H3. The van der Waals surface area contributed by atoms with E-state index < -0.39 is 16.0 Å². The molecule has 1 fully saturated rings. The molecule has 1 aliphatic rings. The van der Waals surface area contributed by atoms with Crippen molar-refractivity contribution < 1.29 is 22.7 Å². The number of amides is 1. The summed E-state index contributed by atoms with van der Waals surface area (Å²) in [5.41, 5.74) is 0.112. The number of piperidine rings is 1. The first-order chi connectivity index (χ1) is 13.2. The lowest BCUT2D eigenvalue weighted by molar-refractivity contribution is -0.140. The molecule has 7 nitrogen and oxygen atoms in total. The monoisotopic (exact) mass is 410 g/mol. The van der Waals surface area contributed by atoms with Crippen molar-refractivity contribution in [2.24, 2.45) is 0 Å². The SMILES string of the molecule is CCN(CC)S(=O)(=O)c1cccc(C(=O)OCC(=O)N2C(C)CCCC2C)c1. The number of nitrogens with zero attached hydrogens (tertiary/aromatic N) is 2. The zero-order valence-corrected chi connectivity index (χ0v) is 17.9. The van der Waals surface area contributed by atoms with Gasteiger partial charge in [-0.3, -0.25) is 4.79 Å². The molecule has 8 heteroatoms. The summed E-state index contributed by atoms with van der Waals surface area (Å²) in [4.78, 5) is 26.7. The minimum absolute atomic E-state index is 0.0373. The molecule has 1 aromatic rings. The van der Waals surface area contributed by atoms with Crippen LogP contribution in [-0.4, -0.2) is 61.3 Å². The highest BCUT2D eigenvalue weighted by molar-refractivity contribution is 7.89. The number of carbonyl (C=O) groups is 2. The molecule has 1 heterocycles. The molecule has 0 aliphatic carbocycles. The fourth-order valence-corrected chi connectivity index (χ4v) is 5.20. The highest BCUT2D eigenvalue weighted by atomic mass is 32.2. The summed E-state index contributed by atoms with van der Waals surface area (Å²) in [6, 6.07) is 5.98. The van der Waals surface area contributed by atoms with Gasteiger partial charge in [0.2, 0.25) is 10.0 Å². The second-order valence-corrected chi connectivity index (χ2v) is 9.06. The molecule has 2 rings (SSSR count). The van der Waals surface area contributed by atoms with Crippen LogP contribution in [0.15, 0.2) is 29.2 Å². The Morgan fingerprint density at radius 1 is 1.14 bits per heavy atom. The molecule has 1 amide bonds. The molecule has 1 saturated heterocycles. The van der Waals surface area contributed by atoms with Gasteiger partial charge in [0, 0.05) is 25.2 Å². The van der Waals surface area contributed by atoms with E-state index in [0.29, 0.717) is 13.1 Å². The summed E-state index contributed by atoms with van der Waals surface area (Å²) in [6.07, 6.45) is 2.96. The smallest absolute Gasteiger partial charge is 0.338 e. The molecule has 156 valence electrons. The summed E-state index contributed by atoms with van der Waals surface area (Å²) in [5, 5.41) is 0. The number of carbonyl (C=O) groups excluding carboxylic acids is 2. The summed E-state index contributed by atoms with van der Waals surface area (Å²) in [6.45, 7) is 7.84. The summed E-state index contributed by atoms with van der Waals surface area (Å²) in [7, 11) is -3.67. The third kappa shape index (κ3) is 4.91. The minimum Gasteiger partial charge on any atom is -0.452 e. The zero-order valence-electron chi connectivity index (χ0n) is 17.1. The van der Waals surface area contributed by atoms with Crippen LogP contribution in [-0.2, 0) is 19.6 Å². The van der Waals surface area contributed by atoms with Crippen molar-refractivity contribution in [3.05, 3.63) is 29.8 Å². The van der Waals surface area contributed by atoms with E-state index >= 15 is 0 Å². The van der Waals surface area contributed by atoms with E-state index in [0.717, 1.165) is 19.3 Å². The van der Waals surface area contributed by atoms with E-state index in [1.807, 2.05) is 13.8 Å². The van der Waals surface area contributed by atoms with Gasteiger partial charge >= 0.3 is 5.97 Å². The lowest BCUT2D eigenvalue weighted by Crippen LogP contribution is -2.49. The Morgan fingerprint density at radius 3 is 2.32 bits per heavy atom. The molecule has 0 aromatic heterocycles. The van der Waals surface area contributed by atoms with Crippen LogP contribution >= 0.6 is 0 Å². The normalized spacial score (nSPS) is 20.2. The van der Waals surface area contributed by atoms with Crippen LogP contribution in [0.3, 0.4) is 0 Å². The van der Waals surface area contributed by atoms with E-state index in [-0.39, 0.29) is 35.1 Å². The molecular formula is C20H30N2O5S. The summed E-state index contributed by atoms with van der Waals surface area (Å²) in [5.74, 6) is -0.928. The third-order valence-electron chi connectivity index (χ3n) is 5.22. The average Bonchev–Trinajstić information content (AvgIpc) is 2.66. The van der Waals surface area contributed by atoms with Gasteiger partial charge in [0.1, 0.15) is 0 Å². The number of benzene rings is 1. The van der Waals surface area contributed by atoms with Gasteiger partial charge in [-0.15, -0.1) is 0 Å². The van der Waals surface area contributed by atoms with Crippen LogP contribution in [0.1, 0.15) is 57.3 Å². The quantitative estimate of drug-likeness (QED) is 0.645. The van der Waals surface area contributed by atoms with Crippen LogP contribution in [0.25, 0.3) is 0 Å². The molecule has 1 aliphatic heterocycles. The maximum Gasteiger partial charge on any atom is 0.338 e. The van der Waals surface area contributed by atoms with Gasteiger partial charge in [0.05, 0.1) is 10.5 Å². The van der Waals surface area contributed by atoms with Crippen molar-refractivity contribution >= 4 is 21.9 Å². The first-order valence-corrected chi connectivity index (χ1v) is 11.2. The first kappa shape index (κ1) is 22.4. The third-order valence-corrected chi connectivity index (χ3v) is 7.27. The number of ether oxygens (including phenoxy) is 1. The molecule has 0 bridgehead atoms. The Balaban J connectivity index is 2.08. The molecule has 0 radical (unpaired) electrons. The predicted octanol–water partition coefficient (Wildman–Crippen LogP) is 2.66. The molecule has 28 heavy (non-hydrogen) atoms. The molecule has 2 unspecified atom stereocenters. The lowest BCUT2D eigenvalue weighted by Gasteiger charge is -2.38. The van der Waals surface area contributed by atoms with Gasteiger partial charge < -0.3 is 9.64 Å². The van der Waals surface area contributed by atoms with E-state index in [9.17, 15) is 18.0 Å². The van der Waals surface area contributed by atoms with Crippen LogP contribution in [0, 0.1) is 0 Å². The highest BCUT2D eigenvalue weighted by Crippen LogP contribution is 2.23. The topological polar surface area (TPSA) is 84.0 Å². The van der Waals surface area contributed by atoms with Crippen molar-refractivity contribution in [1.82, 2.24) is 9.21 Å². The molecule has 1 aromatic carbocycles. The predicted molar refractivity (Wildman–Crippen MR) is 106 cm³/mol. The number of likely N-dealkylation sites (tertiary alicyclic amines) is 1. The Morgan fingerprint density at radius 2 is 1.75 bits per heavy atom. The molecule has 0 spiro atoms. The van der Waals surface area contributed by atoms with E-state index in [4.69, 9.17) is 4.74 Å². The van der Waals surface area contributed by atoms with Gasteiger partial charge in [-0.05, 0) is 51.3 Å². The number of esters is 1. The van der Waals surface area contributed by atoms with Gasteiger partial charge in [0.15, 0.2) is 6.61 Å². The maximum atomic E-state index is 12.6. The number of rotatable bonds is 7. The van der Waals surface area contributed by atoms with Crippen LogP contribution in [0.4, 0.5) is 0 Å². The maximum absolute atomic E-state index is 12.6. The lowest BCUT2D eigenvalue weighted by atomic mass is 9.97. The molecule has 0 saturated carbocycles. The second-order valence-electron chi connectivity index (χ2n) is 7.12. The van der Waals surface area contributed by atoms with Crippen molar-refractivity contribution in [3.63, 3.8) is 0 Å². The Hall–Kier alpha value is -1.93. The molecular weight excluding hydrogens is 380 g/mol. The number of hydrogen-bond donors (Lipinski definition) is 0. The Labute approximate surface area is 167 Å². The molecule has 2 atom stereocenters. The first-order valence-electron chi connectivity index (χ1n) is 9.80. The average molecular weight is 411 g/mol. The minimum atomic E-state index is -3.67. The Bertz CT molecular complexity index is 795. The van der Waals surface area contributed by atoms with Gasteiger partial charge in [-0.2, -0.15) is 4.31 Å². The Kier molecular flexibility index (Phi) is 7.60. The van der Waals surface area contributed by atoms with Crippen molar-refractivity contribution in [1.29, 1.82) is 0 Å². The van der Waals surface area contributed by atoms with Crippen molar-refractivity contribution in [2.75, 3.05) is 19.7 Å². The van der Waals surface area contributed by atoms with Crippen LogP contribution < -0.4 is 0 Å². The van der Waals surface area contributed by atoms with Gasteiger partial charge in [-0.25, -0.2) is 13.2 Å². The fraction of sp³-hybridized carbons (Fsp3) is 0.600.